The van der Waals surface area contributed by atoms with E-state index in [9.17, 15) is 28.8 Å². The minimum atomic E-state index is -1.24. The first kappa shape index (κ1) is 38.4. The fraction of sp³-hybridized carbons (Fsp3) is 0.643. The molecule has 1 unspecified atom stereocenters. The Morgan fingerprint density at radius 3 is 1.23 bits per heavy atom. The summed E-state index contributed by atoms with van der Waals surface area (Å²) >= 11 is 0. The summed E-state index contributed by atoms with van der Waals surface area (Å²) in [6, 6.07) is 0. The summed E-state index contributed by atoms with van der Waals surface area (Å²) in [6.45, 7) is 14.4. The topological polar surface area (TPSA) is 158 Å². The van der Waals surface area contributed by atoms with E-state index in [0.29, 0.717) is 12.8 Å². The van der Waals surface area contributed by atoms with Crippen LogP contribution in [0.4, 0.5) is 0 Å². The molecule has 0 spiro atoms. The van der Waals surface area contributed by atoms with Crippen molar-refractivity contribution in [2.75, 3.05) is 39.6 Å². The molecule has 0 heterocycles. The van der Waals surface area contributed by atoms with Gasteiger partial charge in [-0.05, 0) is 66.5 Å². The molecule has 40 heavy (non-hydrogen) atoms. The molecular weight excluding hydrogens is 528 g/mol. The number of carbonyl (C=O) groups excluding carboxylic acids is 6. The van der Waals surface area contributed by atoms with Gasteiger partial charge >= 0.3 is 35.8 Å². The van der Waals surface area contributed by atoms with Crippen LogP contribution in [0.2, 0.25) is 0 Å². The molecule has 0 aromatic rings. The molecule has 0 bridgehead atoms. The van der Waals surface area contributed by atoms with Gasteiger partial charge in [-0.1, -0.05) is 13.8 Å². The average Bonchev–Trinajstić information content (AvgIpc) is 2.90. The molecule has 0 N–H and O–H groups in total. The highest BCUT2D eigenvalue weighted by atomic mass is 16.6. The average molecular weight is 573 g/mol. The van der Waals surface area contributed by atoms with Gasteiger partial charge in [-0.25, -0.2) is 14.4 Å². The van der Waals surface area contributed by atoms with Gasteiger partial charge in [-0.2, -0.15) is 0 Å². The van der Waals surface area contributed by atoms with Crippen molar-refractivity contribution in [1.82, 2.24) is 0 Å². The molecule has 0 saturated heterocycles. The van der Waals surface area contributed by atoms with E-state index in [1.807, 2.05) is 0 Å². The summed E-state index contributed by atoms with van der Waals surface area (Å²) in [5, 5.41) is 0. The molecule has 12 heteroatoms. The van der Waals surface area contributed by atoms with Crippen LogP contribution in [-0.2, 0) is 57.2 Å². The van der Waals surface area contributed by atoms with Crippen LogP contribution in [0.25, 0.3) is 0 Å². The van der Waals surface area contributed by atoms with Crippen molar-refractivity contribution < 1.29 is 57.2 Å². The normalized spacial score (nSPS) is 11.2. The molecule has 0 aromatic heterocycles. The molecule has 0 amide bonds. The van der Waals surface area contributed by atoms with Crippen LogP contribution in [0.3, 0.4) is 0 Å². The molecule has 0 radical (unpaired) electrons. The highest BCUT2D eigenvalue weighted by molar-refractivity contribution is 6.14. The molecular formula is C28H44O12. The van der Waals surface area contributed by atoms with Crippen LogP contribution in [0, 0.1) is 11.8 Å². The van der Waals surface area contributed by atoms with E-state index in [4.69, 9.17) is 28.4 Å². The maximum atomic E-state index is 11.8. The lowest BCUT2D eigenvalue weighted by Crippen LogP contribution is -2.27. The number of rotatable bonds is 16. The Morgan fingerprint density at radius 2 is 0.875 bits per heavy atom. The van der Waals surface area contributed by atoms with Crippen LogP contribution >= 0.6 is 0 Å². The molecule has 12 nitrogen and oxygen atoms in total. The number of ether oxygens (including phenoxy) is 6. The second kappa shape index (κ2) is 23.2. The van der Waals surface area contributed by atoms with Crippen molar-refractivity contribution in [3.63, 3.8) is 0 Å². The lowest BCUT2D eigenvalue weighted by Gasteiger charge is -2.12. The Morgan fingerprint density at radius 1 is 0.500 bits per heavy atom. The van der Waals surface area contributed by atoms with Gasteiger partial charge in [-0.3, -0.25) is 14.4 Å². The maximum Gasteiger partial charge on any atom is 0.345 e. The van der Waals surface area contributed by atoms with Gasteiger partial charge in [0.05, 0.1) is 45.6 Å². The second-order valence-corrected chi connectivity index (χ2v) is 7.54. The van der Waals surface area contributed by atoms with Gasteiger partial charge in [0.25, 0.3) is 0 Å². The van der Waals surface area contributed by atoms with E-state index < -0.39 is 47.7 Å². The Kier molecular flexibility index (Phi) is 22.3. The summed E-state index contributed by atoms with van der Waals surface area (Å²) in [7, 11) is 0. The predicted molar refractivity (Wildman–Crippen MR) is 144 cm³/mol. The van der Waals surface area contributed by atoms with Crippen molar-refractivity contribution in [2.45, 2.75) is 68.2 Å². The van der Waals surface area contributed by atoms with Crippen LogP contribution < -0.4 is 0 Å². The number of hydrogen-bond acceptors (Lipinski definition) is 12. The van der Waals surface area contributed by atoms with Gasteiger partial charge in [0.2, 0.25) is 0 Å². The van der Waals surface area contributed by atoms with Gasteiger partial charge in [0.1, 0.15) is 5.57 Å². The van der Waals surface area contributed by atoms with E-state index in [0.717, 1.165) is 0 Å². The predicted octanol–water partition coefficient (Wildman–Crippen LogP) is 3.26. The molecule has 0 aromatic carbocycles. The van der Waals surface area contributed by atoms with E-state index >= 15 is 0 Å². The minimum Gasteiger partial charge on any atom is -0.466 e. The monoisotopic (exact) mass is 572 g/mol. The molecule has 1 atom stereocenters. The zero-order valence-electron chi connectivity index (χ0n) is 24.9. The van der Waals surface area contributed by atoms with E-state index in [2.05, 4.69) is 0 Å². The third-order valence-electron chi connectivity index (χ3n) is 4.76. The first-order valence-corrected chi connectivity index (χ1v) is 13.5. The second-order valence-electron chi connectivity index (χ2n) is 7.54. The summed E-state index contributed by atoms with van der Waals surface area (Å²) in [4.78, 5) is 70.4. The maximum absolute atomic E-state index is 11.8. The summed E-state index contributed by atoms with van der Waals surface area (Å²) < 4.78 is 29.0. The van der Waals surface area contributed by atoms with Crippen molar-refractivity contribution in [2.24, 2.45) is 11.8 Å². The standard InChI is InChI=1S/2C14H22O6/c2*1-5-10(12(15)18-6-2)9-11(13(16)19-7-3)14(17)20-8-4/h9,11H,5-8H2,1-4H3;9-10H,5-8H2,1-4H3. The largest absolute Gasteiger partial charge is 0.466 e. The Hall–Kier alpha value is -3.70. The van der Waals surface area contributed by atoms with Crippen molar-refractivity contribution in [3.8, 4) is 0 Å². The fourth-order valence-electron chi connectivity index (χ4n) is 2.89. The lowest BCUT2D eigenvalue weighted by atomic mass is 10.0. The van der Waals surface area contributed by atoms with Gasteiger partial charge in [0, 0.05) is 5.57 Å². The number of hydrogen-bond donors (Lipinski definition) is 0. The summed E-state index contributed by atoms with van der Waals surface area (Å²) in [6.07, 6.45) is 3.26. The molecule has 0 aliphatic carbocycles. The summed E-state index contributed by atoms with van der Waals surface area (Å²) in [5.74, 6) is -6.02. The van der Waals surface area contributed by atoms with Gasteiger partial charge in [-0.15, -0.1) is 0 Å². The molecule has 228 valence electrons. The van der Waals surface area contributed by atoms with Crippen LogP contribution in [0.15, 0.2) is 23.3 Å². The fourth-order valence-corrected chi connectivity index (χ4v) is 2.89. The Bertz CT molecular complexity index is 850. The van der Waals surface area contributed by atoms with Crippen LogP contribution in [-0.4, -0.2) is 75.5 Å². The Balaban J connectivity index is 0. The quantitative estimate of drug-likeness (QED) is 0.0875. The van der Waals surface area contributed by atoms with Crippen molar-refractivity contribution >= 4 is 35.8 Å². The first-order valence-electron chi connectivity index (χ1n) is 13.5. The lowest BCUT2D eigenvalue weighted by molar-refractivity contribution is -0.159. The van der Waals surface area contributed by atoms with Crippen LogP contribution in [0.1, 0.15) is 68.2 Å². The van der Waals surface area contributed by atoms with Crippen molar-refractivity contribution in [1.29, 1.82) is 0 Å². The van der Waals surface area contributed by atoms with Gasteiger partial charge in [0.15, 0.2) is 5.92 Å². The molecule has 0 rings (SSSR count). The van der Waals surface area contributed by atoms with Crippen LogP contribution in [0.5, 0.6) is 0 Å². The third kappa shape index (κ3) is 15.0. The number of esters is 6. The number of carbonyl (C=O) groups is 6. The van der Waals surface area contributed by atoms with E-state index in [-0.39, 0.29) is 50.8 Å². The van der Waals surface area contributed by atoms with Crippen molar-refractivity contribution in [3.05, 3.63) is 23.3 Å². The zero-order chi connectivity index (χ0) is 31.1. The Labute approximate surface area is 236 Å². The SMILES string of the molecule is CCOC(=O)C(=CC(C(=O)OCC)C(=O)OCC)CC.CCOC(=O)C(=CC(CC)C(=O)OCC)C(=O)OCC. The molecule has 0 aliphatic heterocycles. The highest BCUT2D eigenvalue weighted by Gasteiger charge is 2.29. The molecule has 0 aliphatic rings. The summed E-state index contributed by atoms with van der Waals surface area (Å²) in [5.41, 5.74) is -0.0217. The van der Waals surface area contributed by atoms with E-state index in [1.165, 1.54) is 12.2 Å². The minimum absolute atomic E-state index is 0.131. The highest BCUT2D eigenvalue weighted by Crippen LogP contribution is 2.14. The molecule has 0 saturated carbocycles. The van der Waals surface area contributed by atoms with Gasteiger partial charge < -0.3 is 28.4 Å². The third-order valence-corrected chi connectivity index (χ3v) is 4.76. The smallest absolute Gasteiger partial charge is 0.345 e. The molecule has 0 fully saturated rings. The first-order chi connectivity index (χ1) is 19.0. The van der Waals surface area contributed by atoms with E-state index in [1.54, 1.807) is 55.4 Å². The zero-order valence-corrected chi connectivity index (χ0v) is 24.9.